The number of hydrogen-bond donors (Lipinski definition) is 1. The molecule has 0 saturated heterocycles. The summed E-state index contributed by atoms with van der Waals surface area (Å²) in [6, 6.07) is 1.24. The molecule has 0 radical (unpaired) electrons. The van der Waals surface area contributed by atoms with E-state index in [1.54, 1.807) is 7.05 Å². The average molecular weight is 272 g/mol. The van der Waals surface area contributed by atoms with Crippen LogP contribution >= 0.6 is 0 Å². The summed E-state index contributed by atoms with van der Waals surface area (Å²) in [6.07, 6.45) is 5.13. The number of aromatic nitrogens is 1. The average Bonchev–Trinajstić information content (AvgIpc) is 2.85. The van der Waals surface area contributed by atoms with Crippen LogP contribution in [0.2, 0.25) is 0 Å². The Morgan fingerprint density at radius 1 is 1.44 bits per heavy atom. The van der Waals surface area contributed by atoms with Crippen molar-refractivity contribution < 1.29 is 17.9 Å². The molecule has 1 saturated carbocycles. The Labute approximate surface area is 106 Å². The van der Waals surface area contributed by atoms with E-state index in [4.69, 9.17) is 9.88 Å². The first-order valence-electron chi connectivity index (χ1n) is 5.78. The van der Waals surface area contributed by atoms with E-state index in [0.717, 1.165) is 25.7 Å². The minimum absolute atomic E-state index is 0.0506. The lowest BCUT2D eigenvalue weighted by Crippen LogP contribution is -2.17. The van der Waals surface area contributed by atoms with Gasteiger partial charge in [0.2, 0.25) is 10.0 Å². The van der Waals surface area contributed by atoms with E-state index in [1.165, 1.54) is 16.8 Å². The van der Waals surface area contributed by atoms with Crippen molar-refractivity contribution in [3.8, 4) is 0 Å². The SMILES string of the molecule is Cn1cc(S(N)(=O)=O)cc1C(=O)OC1CCCC1. The predicted molar refractivity (Wildman–Crippen MR) is 64.5 cm³/mol. The Balaban J connectivity index is 2.17. The molecule has 1 aliphatic carbocycles. The fourth-order valence-electron chi connectivity index (χ4n) is 2.11. The molecule has 1 heterocycles. The van der Waals surface area contributed by atoms with Crippen LogP contribution in [0.25, 0.3) is 0 Å². The van der Waals surface area contributed by atoms with Crippen molar-refractivity contribution in [2.45, 2.75) is 36.7 Å². The summed E-state index contributed by atoms with van der Waals surface area (Å²) >= 11 is 0. The van der Waals surface area contributed by atoms with Crippen molar-refractivity contribution in [1.29, 1.82) is 0 Å². The van der Waals surface area contributed by atoms with E-state index >= 15 is 0 Å². The largest absolute Gasteiger partial charge is 0.458 e. The first kappa shape index (κ1) is 13.1. The van der Waals surface area contributed by atoms with E-state index in [-0.39, 0.29) is 16.7 Å². The first-order valence-corrected chi connectivity index (χ1v) is 7.32. The molecule has 6 nitrogen and oxygen atoms in total. The van der Waals surface area contributed by atoms with Crippen LogP contribution in [-0.4, -0.2) is 25.1 Å². The Morgan fingerprint density at radius 3 is 2.56 bits per heavy atom. The maximum atomic E-state index is 11.9. The highest BCUT2D eigenvalue weighted by atomic mass is 32.2. The number of carbonyl (C=O) groups excluding carboxylic acids is 1. The van der Waals surface area contributed by atoms with Gasteiger partial charge in [-0.3, -0.25) is 0 Å². The fraction of sp³-hybridized carbons (Fsp3) is 0.545. The molecule has 0 spiro atoms. The lowest BCUT2D eigenvalue weighted by atomic mass is 10.3. The third-order valence-corrected chi connectivity index (χ3v) is 3.97. The van der Waals surface area contributed by atoms with Gasteiger partial charge in [-0.2, -0.15) is 0 Å². The molecule has 0 aromatic carbocycles. The van der Waals surface area contributed by atoms with Crippen LogP contribution in [0.3, 0.4) is 0 Å². The zero-order valence-corrected chi connectivity index (χ0v) is 10.9. The molecule has 2 rings (SSSR count). The molecule has 1 fully saturated rings. The summed E-state index contributed by atoms with van der Waals surface area (Å²) in [5, 5.41) is 5.01. The number of nitrogens with two attached hydrogens (primary N) is 1. The lowest BCUT2D eigenvalue weighted by molar-refractivity contribution is 0.0306. The van der Waals surface area contributed by atoms with Gasteiger partial charge in [-0.1, -0.05) is 0 Å². The van der Waals surface area contributed by atoms with Crippen molar-refractivity contribution in [3.05, 3.63) is 18.0 Å². The van der Waals surface area contributed by atoms with Gasteiger partial charge >= 0.3 is 5.97 Å². The second-order valence-corrected chi connectivity index (χ2v) is 6.09. The molecule has 0 aliphatic heterocycles. The first-order chi connectivity index (χ1) is 8.38. The maximum Gasteiger partial charge on any atom is 0.355 e. The molecular formula is C11H16N2O4S. The van der Waals surface area contributed by atoms with E-state index in [0.29, 0.717) is 0 Å². The number of ether oxygens (including phenoxy) is 1. The molecule has 0 unspecified atom stereocenters. The summed E-state index contributed by atoms with van der Waals surface area (Å²) in [4.78, 5) is 11.8. The Hall–Kier alpha value is -1.34. The minimum atomic E-state index is -3.79. The third-order valence-electron chi connectivity index (χ3n) is 3.09. The van der Waals surface area contributed by atoms with Gasteiger partial charge in [0.25, 0.3) is 0 Å². The van der Waals surface area contributed by atoms with Crippen molar-refractivity contribution in [2.75, 3.05) is 0 Å². The molecule has 1 aliphatic rings. The van der Waals surface area contributed by atoms with Gasteiger partial charge in [-0.25, -0.2) is 18.4 Å². The number of aryl methyl sites for hydroxylation is 1. The van der Waals surface area contributed by atoms with Crippen molar-refractivity contribution in [3.63, 3.8) is 0 Å². The summed E-state index contributed by atoms with van der Waals surface area (Å²) in [5.41, 5.74) is 0.200. The van der Waals surface area contributed by atoms with Crippen LogP contribution < -0.4 is 5.14 Å². The van der Waals surface area contributed by atoms with Crippen LogP contribution in [0, 0.1) is 0 Å². The van der Waals surface area contributed by atoms with Gasteiger partial charge in [-0.05, 0) is 31.7 Å². The van der Waals surface area contributed by atoms with Gasteiger partial charge in [0, 0.05) is 13.2 Å². The van der Waals surface area contributed by atoms with Crippen LogP contribution in [0.4, 0.5) is 0 Å². The van der Waals surface area contributed by atoms with Gasteiger partial charge in [0.1, 0.15) is 16.7 Å². The topological polar surface area (TPSA) is 91.4 Å². The zero-order chi connectivity index (χ0) is 13.3. The molecule has 0 bridgehead atoms. The Morgan fingerprint density at radius 2 is 2.06 bits per heavy atom. The summed E-state index contributed by atoms with van der Waals surface area (Å²) < 4.78 is 29.1. The number of primary sulfonamides is 1. The highest BCUT2D eigenvalue weighted by Gasteiger charge is 2.23. The monoisotopic (exact) mass is 272 g/mol. The molecule has 0 atom stereocenters. The zero-order valence-electron chi connectivity index (χ0n) is 10.1. The summed E-state index contributed by atoms with van der Waals surface area (Å²) in [7, 11) is -2.21. The minimum Gasteiger partial charge on any atom is -0.458 e. The second kappa shape index (κ2) is 4.74. The van der Waals surface area contributed by atoms with Crippen LogP contribution in [-0.2, 0) is 21.8 Å². The van der Waals surface area contributed by atoms with Crippen molar-refractivity contribution in [2.24, 2.45) is 12.2 Å². The molecule has 1 aromatic rings. The number of rotatable bonds is 3. The van der Waals surface area contributed by atoms with E-state index in [2.05, 4.69) is 0 Å². The molecule has 1 aromatic heterocycles. The second-order valence-electron chi connectivity index (χ2n) is 4.53. The number of sulfonamides is 1. The standard InChI is InChI=1S/C11H16N2O4S/c1-13-7-9(18(12,15)16)6-10(13)11(14)17-8-4-2-3-5-8/h6-8H,2-5H2,1H3,(H2,12,15,16). The third kappa shape index (κ3) is 2.73. The molecule has 0 amide bonds. The van der Waals surface area contributed by atoms with Crippen molar-refractivity contribution in [1.82, 2.24) is 4.57 Å². The normalized spacial score (nSPS) is 17.0. The quantitative estimate of drug-likeness (QED) is 0.823. The van der Waals surface area contributed by atoms with Gasteiger partial charge < -0.3 is 9.30 Å². The van der Waals surface area contributed by atoms with Crippen LogP contribution in [0.15, 0.2) is 17.2 Å². The van der Waals surface area contributed by atoms with Crippen LogP contribution in [0.1, 0.15) is 36.2 Å². The molecule has 7 heteroatoms. The Bertz CT molecular complexity index is 556. The van der Waals surface area contributed by atoms with Gasteiger partial charge in [-0.15, -0.1) is 0 Å². The lowest BCUT2D eigenvalue weighted by Gasteiger charge is -2.11. The molecule has 18 heavy (non-hydrogen) atoms. The Kier molecular flexibility index (Phi) is 3.45. The van der Waals surface area contributed by atoms with E-state index in [1.807, 2.05) is 0 Å². The highest BCUT2D eigenvalue weighted by Crippen LogP contribution is 2.22. The van der Waals surface area contributed by atoms with E-state index < -0.39 is 16.0 Å². The van der Waals surface area contributed by atoms with Crippen molar-refractivity contribution >= 4 is 16.0 Å². The number of carbonyl (C=O) groups is 1. The number of esters is 1. The molecular weight excluding hydrogens is 256 g/mol. The predicted octanol–water partition coefficient (Wildman–Crippen LogP) is 0.772. The van der Waals surface area contributed by atoms with Gasteiger partial charge in [0.15, 0.2) is 0 Å². The molecule has 2 N–H and O–H groups in total. The smallest absolute Gasteiger partial charge is 0.355 e. The van der Waals surface area contributed by atoms with Crippen LogP contribution in [0.5, 0.6) is 0 Å². The number of nitrogens with zero attached hydrogens (tertiary/aromatic N) is 1. The number of hydrogen-bond acceptors (Lipinski definition) is 4. The summed E-state index contributed by atoms with van der Waals surface area (Å²) in [5.74, 6) is -0.501. The molecule has 100 valence electrons. The highest BCUT2D eigenvalue weighted by molar-refractivity contribution is 7.89. The summed E-state index contributed by atoms with van der Waals surface area (Å²) in [6.45, 7) is 0. The fourth-order valence-corrected chi connectivity index (χ4v) is 2.69. The van der Waals surface area contributed by atoms with E-state index in [9.17, 15) is 13.2 Å². The van der Waals surface area contributed by atoms with Gasteiger partial charge in [0.05, 0.1) is 0 Å². The maximum absolute atomic E-state index is 11.9.